The Kier molecular flexibility index (Phi) is 4.71. The van der Waals surface area contributed by atoms with Crippen molar-refractivity contribution in [2.45, 2.75) is 25.8 Å². The smallest absolute Gasteiger partial charge is 0.340 e. The van der Waals surface area contributed by atoms with Crippen LogP contribution in [0.25, 0.3) is 0 Å². The van der Waals surface area contributed by atoms with Gasteiger partial charge in [0.2, 0.25) is 0 Å². The fourth-order valence-corrected chi connectivity index (χ4v) is 3.94. The van der Waals surface area contributed by atoms with Gasteiger partial charge in [-0.05, 0) is 44.0 Å². The Morgan fingerprint density at radius 1 is 1.11 bits per heavy atom. The minimum absolute atomic E-state index is 0.231. The lowest BCUT2D eigenvalue weighted by atomic mass is 10.1. The molecule has 1 atom stereocenters. The number of carbonyl (C=O) groups is 2. The van der Waals surface area contributed by atoms with E-state index in [1.165, 1.54) is 0 Å². The average Bonchev–Trinajstić information content (AvgIpc) is 3.17. The number of fused-ring (bicyclic) bond motifs is 3. The zero-order valence-corrected chi connectivity index (χ0v) is 15.4. The maximum absolute atomic E-state index is 13.1. The highest BCUT2D eigenvalue weighted by molar-refractivity contribution is 6.08. The predicted molar refractivity (Wildman–Crippen MR) is 106 cm³/mol. The predicted octanol–water partition coefficient (Wildman–Crippen LogP) is 3.88. The molecule has 0 saturated carbocycles. The molecule has 0 radical (unpaired) electrons. The van der Waals surface area contributed by atoms with Gasteiger partial charge in [-0.25, -0.2) is 9.59 Å². The first-order valence-corrected chi connectivity index (χ1v) is 9.39. The second-order valence-electron chi connectivity index (χ2n) is 6.78. The standard InChI is InChI=1S/C21H23N3O3/c1-2-27-20(25)16-9-3-4-10-17(16)22-21(26)24-14-15-8-7-13-23(15)18-11-5-6-12-19(18)24/h3-6,9-12,15H,2,7-8,13-14H2,1H3,(H,22,26). The van der Waals surface area contributed by atoms with Gasteiger partial charge in [0.05, 0.1) is 29.2 Å². The van der Waals surface area contributed by atoms with Crippen LogP contribution in [0.2, 0.25) is 0 Å². The number of esters is 1. The highest BCUT2D eigenvalue weighted by Gasteiger charge is 2.36. The van der Waals surface area contributed by atoms with Gasteiger partial charge in [0.25, 0.3) is 0 Å². The summed E-state index contributed by atoms with van der Waals surface area (Å²) in [4.78, 5) is 29.4. The number of anilines is 3. The van der Waals surface area contributed by atoms with Crippen LogP contribution in [0.15, 0.2) is 48.5 Å². The number of para-hydroxylation sites is 3. The van der Waals surface area contributed by atoms with Crippen LogP contribution in [0.4, 0.5) is 21.9 Å². The summed E-state index contributed by atoms with van der Waals surface area (Å²) in [6.07, 6.45) is 2.22. The van der Waals surface area contributed by atoms with Crippen LogP contribution in [0.5, 0.6) is 0 Å². The van der Waals surface area contributed by atoms with E-state index >= 15 is 0 Å². The van der Waals surface area contributed by atoms with Gasteiger partial charge in [0, 0.05) is 19.1 Å². The Balaban J connectivity index is 1.61. The van der Waals surface area contributed by atoms with E-state index in [-0.39, 0.29) is 12.6 Å². The maximum Gasteiger partial charge on any atom is 0.340 e. The van der Waals surface area contributed by atoms with Crippen LogP contribution < -0.4 is 15.1 Å². The Labute approximate surface area is 158 Å². The normalized spacial score (nSPS) is 17.9. The summed E-state index contributed by atoms with van der Waals surface area (Å²) < 4.78 is 5.10. The van der Waals surface area contributed by atoms with E-state index < -0.39 is 5.97 Å². The molecule has 140 valence electrons. The number of nitrogens with zero attached hydrogens (tertiary/aromatic N) is 2. The third-order valence-corrected chi connectivity index (χ3v) is 5.16. The van der Waals surface area contributed by atoms with Crippen molar-refractivity contribution in [1.82, 2.24) is 0 Å². The summed E-state index contributed by atoms with van der Waals surface area (Å²) in [6, 6.07) is 15.0. The van der Waals surface area contributed by atoms with Crippen molar-refractivity contribution in [3.63, 3.8) is 0 Å². The van der Waals surface area contributed by atoms with E-state index in [4.69, 9.17) is 4.74 Å². The molecule has 0 bridgehead atoms. The Morgan fingerprint density at radius 3 is 2.67 bits per heavy atom. The monoisotopic (exact) mass is 365 g/mol. The third kappa shape index (κ3) is 3.23. The van der Waals surface area contributed by atoms with E-state index in [9.17, 15) is 9.59 Å². The van der Waals surface area contributed by atoms with Crippen LogP contribution in [0.1, 0.15) is 30.1 Å². The fraction of sp³-hybridized carbons (Fsp3) is 0.333. The molecule has 2 aromatic rings. The highest BCUT2D eigenvalue weighted by atomic mass is 16.5. The number of carbonyl (C=O) groups excluding carboxylic acids is 2. The first-order valence-electron chi connectivity index (χ1n) is 9.39. The zero-order valence-electron chi connectivity index (χ0n) is 15.4. The lowest BCUT2D eigenvalue weighted by Gasteiger charge is -2.40. The van der Waals surface area contributed by atoms with Gasteiger partial charge in [-0.15, -0.1) is 0 Å². The summed E-state index contributed by atoms with van der Waals surface area (Å²) >= 11 is 0. The highest BCUT2D eigenvalue weighted by Crippen LogP contribution is 2.39. The van der Waals surface area contributed by atoms with Crippen molar-refractivity contribution >= 4 is 29.1 Å². The molecule has 2 aliphatic rings. The number of hydrogen-bond donors (Lipinski definition) is 1. The van der Waals surface area contributed by atoms with Gasteiger partial charge in [0.15, 0.2) is 0 Å². The number of urea groups is 1. The van der Waals surface area contributed by atoms with Crippen LogP contribution >= 0.6 is 0 Å². The molecule has 0 spiro atoms. The van der Waals surface area contributed by atoms with Gasteiger partial charge < -0.3 is 15.0 Å². The molecule has 2 amide bonds. The van der Waals surface area contributed by atoms with Gasteiger partial charge in [-0.3, -0.25) is 4.90 Å². The van der Waals surface area contributed by atoms with Gasteiger partial charge in [0.1, 0.15) is 0 Å². The number of ether oxygens (including phenoxy) is 1. The first-order chi connectivity index (χ1) is 13.2. The SMILES string of the molecule is CCOC(=O)c1ccccc1NC(=O)N1CC2CCCN2c2ccccc21. The van der Waals surface area contributed by atoms with Crippen molar-refractivity contribution in [3.05, 3.63) is 54.1 Å². The van der Waals surface area contributed by atoms with E-state index in [0.717, 1.165) is 30.8 Å². The zero-order chi connectivity index (χ0) is 18.8. The molecule has 0 aliphatic carbocycles. The fourth-order valence-electron chi connectivity index (χ4n) is 3.94. The van der Waals surface area contributed by atoms with E-state index in [1.54, 1.807) is 36.1 Å². The molecule has 1 unspecified atom stereocenters. The van der Waals surface area contributed by atoms with Crippen LogP contribution in [-0.2, 0) is 4.74 Å². The van der Waals surface area contributed by atoms with E-state index in [2.05, 4.69) is 16.3 Å². The quantitative estimate of drug-likeness (QED) is 0.839. The second-order valence-corrected chi connectivity index (χ2v) is 6.78. The molecular formula is C21H23N3O3. The molecule has 1 fully saturated rings. The largest absolute Gasteiger partial charge is 0.462 e. The summed E-state index contributed by atoms with van der Waals surface area (Å²) in [5, 5.41) is 2.91. The molecule has 6 nitrogen and oxygen atoms in total. The second kappa shape index (κ2) is 7.31. The molecule has 2 aromatic carbocycles. The number of nitrogens with one attached hydrogen (secondary N) is 1. The van der Waals surface area contributed by atoms with E-state index in [1.807, 2.05) is 18.2 Å². The van der Waals surface area contributed by atoms with Gasteiger partial charge in [-0.2, -0.15) is 0 Å². The molecule has 2 aliphatic heterocycles. The number of benzene rings is 2. The first kappa shape index (κ1) is 17.4. The lowest BCUT2D eigenvalue weighted by molar-refractivity contribution is 0.0527. The minimum Gasteiger partial charge on any atom is -0.462 e. The average molecular weight is 365 g/mol. The molecule has 6 heteroatoms. The summed E-state index contributed by atoms with van der Waals surface area (Å²) in [5.74, 6) is -0.436. The lowest BCUT2D eigenvalue weighted by Crippen LogP contribution is -2.49. The third-order valence-electron chi connectivity index (χ3n) is 5.16. The van der Waals surface area contributed by atoms with Gasteiger partial charge >= 0.3 is 12.0 Å². The van der Waals surface area contributed by atoms with Crippen LogP contribution in [0, 0.1) is 0 Å². The molecular weight excluding hydrogens is 342 g/mol. The molecule has 4 rings (SSSR count). The van der Waals surface area contributed by atoms with Gasteiger partial charge in [-0.1, -0.05) is 24.3 Å². The molecule has 1 N–H and O–H groups in total. The van der Waals surface area contributed by atoms with Crippen LogP contribution in [-0.4, -0.2) is 37.7 Å². The minimum atomic E-state index is -0.436. The Morgan fingerprint density at radius 2 is 1.85 bits per heavy atom. The number of hydrogen-bond acceptors (Lipinski definition) is 4. The maximum atomic E-state index is 13.1. The van der Waals surface area contributed by atoms with Crippen molar-refractivity contribution in [3.8, 4) is 0 Å². The molecule has 27 heavy (non-hydrogen) atoms. The summed E-state index contributed by atoms with van der Waals surface area (Å²) in [7, 11) is 0. The van der Waals surface area contributed by atoms with Crippen molar-refractivity contribution < 1.29 is 14.3 Å². The van der Waals surface area contributed by atoms with Crippen LogP contribution in [0.3, 0.4) is 0 Å². The number of amides is 2. The Bertz CT molecular complexity index is 867. The number of rotatable bonds is 3. The molecule has 1 saturated heterocycles. The molecule has 0 aromatic heterocycles. The van der Waals surface area contributed by atoms with Crippen molar-refractivity contribution in [1.29, 1.82) is 0 Å². The van der Waals surface area contributed by atoms with Crippen molar-refractivity contribution in [2.75, 3.05) is 34.8 Å². The topological polar surface area (TPSA) is 61.9 Å². The summed E-state index contributed by atoms with van der Waals surface area (Å²) in [5.41, 5.74) is 2.83. The summed E-state index contributed by atoms with van der Waals surface area (Å²) in [6.45, 7) is 3.72. The van der Waals surface area contributed by atoms with Crippen molar-refractivity contribution in [2.24, 2.45) is 0 Å². The van der Waals surface area contributed by atoms with E-state index in [0.29, 0.717) is 23.8 Å². The Hall–Kier alpha value is -3.02. The molecule has 2 heterocycles.